The summed E-state index contributed by atoms with van der Waals surface area (Å²) in [5.41, 5.74) is -1.25. The van der Waals surface area contributed by atoms with E-state index in [2.05, 4.69) is 19.9 Å². The average Bonchev–Trinajstić information content (AvgIpc) is 3.06. The van der Waals surface area contributed by atoms with Gasteiger partial charge >= 0.3 is 5.97 Å². The predicted molar refractivity (Wildman–Crippen MR) is 126 cm³/mol. The average molecular weight is 471 g/mol. The van der Waals surface area contributed by atoms with Crippen LogP contribution in [0.3, 0.4) is 0 Å². The van der Waals surface area contributed by atoms with E-state index in [0.29, 0.717) is 25.7 Å². The third-order valence-electron chi connectivity index (χ3n) is 10.8. The number of aliphatic hydroxyl groups excluding tert-OH is 1. The van der Waals surface area contributed by atoms with Crippen molar-refractivity contribution >= 4 is 11.8 Å². The standard InChI is InChI=1S/C28H38O6/c1-16-14-23(34-24(31)18(16)15-29)27(4,32)21-11-13-28(33)20-9-8-17-6-5-7-22(30)26(17,3)19(20)10-12-25(21,28)2/h5,7-8,19-21,23,29,32-33H,6,9-15H2,1-4H3/t19-,20+,21-,23+,25+,26-,27+,28+/m0/s1. The van der Waals surface area contributed by atoms with Crippen LogP contribution in [0.15, 0.2) is 34.9 Å². The van der Waals surface area contributed by atoms with Crippen LogP contribution in [-0.4, -0.2) is 51.0 Å². The van der Waals surface area contributed by atoms with Crippen molar-refractivity contribution in [2.75, 3.05) is 6.61 Å². The van der Waals surface area contributed by atoms with E-state index in [-0.39, 0.29) is 35.7 Å². The number of ether oxygens (including phenoxy) is 1. The zero-order chi connectivity index (χ0) is 24.7. The van der Waals surface area contributed by atoms with Crippen LogP contribution < -0.4 is 0 Å². The molecule has 6 nitrogen and oxygen atoms in total. The van der Waals surface area contributed by atoms with Crippen molar-refractivity contribution in [3.8, 4) is 0 Å². The van der Waals surface area contributed by atoms with Gasteiger partial charge in [0.25, 0.3) is 0 Å². The summed E-state index contributed by atoms with van der Waals surface area (Å²) >= 11 is 0. The maximum Gasteiger partial charge on any atom is 0.336 e. The largest absolute Gasteiger partial charge is 0.456 e. The highest BCUT2D eigenvalue weighted by atomic mass is 16.6. The molecule has 0 aromatic heterocycles. The number of aliphatic hydroxyl groups is 3. The van der Waals surface area contributed by atoms with Crippen LogP contribution >= 0.6 is 0 Å². The second-order valence-corrected chi connectivity index (χ2v) is 12.1. The lowest BCUT2D eigenvalue weighted by molar-refractivity contribution is -0.214. The molecule has 1 aliphatic heterocycles. The lowest BCUT2D eigenvalue weighted by Gasteiger charge is -2.61. The zero-order valence-corrected chi connectivity index (χ0v) is 20.8. The van der Waals surface area contributed by atoms with Crippen molar-refractivity contribution in [1.29, 1.82) is 0 Å². The first-order valence-electron chi connectivity index (χ1n) is 12.8. The molecule has 2 fully saturated rings. The summed E-state index contributed by atoms with van der Waals surface area (Å²) in [6.07, 6.45) is 9.77. The summed E-state index contributed by atoms with van der Waals surface area (Å²) in [6, 6.07) is 0. The Morgan fingerprint density at radius 2 is 1.91 bits per heavy atom. The van der Waals surface area contributed by atoms with Gasteiger partial charge in [-0.3, -0.25) is 4.79 Å². The molecule has 34 heavy (non-hydrogen) atoms. The summed E-state index contributed by atoms with van der Waals surface area (Å²) in [4.78, 5) is 25.6. The van der Waals surface area contributed by atoms with E-state index in [1.54, 1.807) is 19.9 Å². The number of carbonyl (C=O) groups is 2. The van der Waals surface area contributed by atoms with Crippen LogP contribution in [0.2, 0.25) is 0 Å². The van der Waals surface area contributed by atoms with Crippen molar-refractivity contribution in [1.82, 2.24) is 0 Å². The molecule has 0 aromatic rings. The molecule has 0 radical (unpaired) electrons. The highest BCUT2D eigenvalue weighted by molar-refractivity contribution is 5.98. The lowest BCUT2D eigenvalue weighted by atomic mass is 9.45. The molecule has 5 aliphatic rings. The van der Waals surface area contributed by atoms with E-state index in [0.717, 1.165) is 24.8 Å². The number of cyclic esters (lactones) is 1. The fraction of sp³-hybridized carbons (Fsp3) is 0.714. The first-order chi connectivity index (χ1) is 15.9. The van der Waals surface area contributed by atoms with E-state index in [9.17, 15) is 24.9 Å². The Morgan fingerprint density at radius 3 is 2.59 bits per heavy atom. The topological polar surface area (TPSA) is 104 Å². The first-order valence-corrected chi connectivity index (χ1v) is 12.8. The zero-order valence-electron chi connectivity index (χ0n) is 20.8. The molecular formula is C28H38O6. The molecule has 0 aromatic carbocycles. The molecule has 0 spiro atoms. The van der Waals surface area contributed by atoms with E-state index in [1.165, 1.54) is 5.57 Å². The molecule has 0 saturated heterocycles. The summed E-state index contributed by atoms with van der Waals surface area (Å²) in [7, 11) is 0. The summed E-state index contributed by atoms with van der Waals surface area (Å²) in [5, 5.41) is 33.7. The number of allylic oxidation sites excluding steroid dienone is 4. The minimum absolute atomic E-state index is 0.0484. The fourth-order valence-corrected chi connectivity index (χ4v) is 8.64. The highest BCUT2D eigenvalue weighted by Crippen LogP contribution is 2.68. The SMILES string of the molecule is CC1=C(CO)C(=O)O[C@@H]([C@](C)(O)[C@H]2CC[C@@]3(O)[C@@H]4CC=C5CC=CC(=O)[C@]5(C)[C@H]4CC[C@]23C)C1. The van der Waals surface area contributed by atoms with E-state index in [4.69, 9.17) is 4.74 Å². The molecule has 0 amide bonds. The number of rotatable bonds is 3. The maximum atomic E-state index is 13.1. The predicted octanol–water partition coefficient (Wildman–Crippen LogP) is 3.40. The molecule has 2 saturated carbocycles. The molecule has 6 heteroatoms. The van der Waals surface area contributed by atoms with Gasteiger partial charge in [0.05, 0.1) is 23.2 Å². The van der Waals surface area contributed by atoms with Gasteiger partial charge in [0.2, 0.25) is 0 Å². The Labute approximate surface area is 201 Å². The summed E-state index contributed by atoms with van der Waals surface area (Å²) in [5.74, 6) is -0.651. The molecule has 4 aliphatic carbocycles. The first kappa shape index (κ1) is 24.0. The normalized spacial score (nSPS) is 45.7. The minimum Gasteiger partial charge on any atom is -0.456 e. The highest BCUT2D eigenvalue weighted by Gasteiger charge is 2.70. The Kier molecular flexibility index (Phi) is 5.37. The van der Waals surface area contributed by atoms with Gasteiger partial charge in [0.15, 0.2) is 5.78 Å². The molecule has 1 heterocycles. The summed E-state index contributed by atoms with van der Waals surface area (Å²) < 4.78 is 5.65. The van der Waals surface area contributed by atoms with Crippen LogP contribution in [0.5, 0.6) is 0 Å². The lowest BCUT2D eigenvalue weighted by Crippen LogP contribution is -2.64. The number of esters is 1. The van der Waals surface area contributed by atoms with Crippen molar-refractivity contribution in [3.63, 3.8) is 0 Å². The van der Waals surface area contributed by atoms with Gasteiger partial charge in [0, 0.05) is 11.8 Å². The van der Waals surface area contributed by atoms with Gasteiger partial charge in [-0.15, -0.1) is 0 Å². The monoisotopic (exact) mass is 470 g/mol. The maximum absolute atomic E-state index is 13.1. The van der Waals surface area contributed by atoms with Gasteiger partial charge in [-0.1, -0.05) is 30.2 Å². The number of ketones is 1. The third kappa shape index (κ3) is 2.91. The van der Waals surface area contributed by atoms with Crippen molar-refractivity contribution in [3.05, 3.63) is 34.9 Å². The second-order valence-electron chi connectivity index (χ2n) is 12.1. The van der Waals surface area contributed by atoms with Gasteiger partial charge in [-0.05, 0) is 83.1 Å². The summed E-state index contributed by atoms with van der Waals surface area (Å²) in [6.45, 7) is 7.32. The van der Waals surface area contributed by atoms with E-state index >= 15 is 0 Å². The number of hydrogen-bond donors (Lipinski definition) is 3. The number of carbonyl (C=O) groups excluding carboxylic acids is 2. The van der Waals surface area contributed by atoms with Gasteiger partial charge < -0.3 is 20.1 Å². The molecule has 3 N–H and O–H groups in total. The number of fused-ring (bicyclic) bond motifs is 5. The van der Waals surface area contributed by atoms with Gasteiger partial charge in [-0.25, -0.2) is 4.79 Å². The van der Waals surface area contributed by atoms with E-state index in [1.807, 2.05) is 6.08 Å². The molecular weight excluding hydrogens is 432 g/mol. The molecule has 186 valence electrons. The van der Waals surface area contributed by atoms with Crippen LogP contribution in [0, 0.1) is 28.6 Å². The van der Waals surface area contributed by atoms with E-state index < -0.39 is 34.1 Å². The fourth-order valence-electron chi connectivity index (χ4n) is 8.64. The molecule has 0 bridgehead atoms. The van der Waals surface area contributed by atoms with Crippen LogP contribution in [-0.2, 0) is 14.3 Å². The quantitative estimate of drug-likeness (QED) is 0.431. The van der Waals surface area contributed by atoms with Crippen LogP contribution in [0.25, 0.3) is 0 Å². The molecule has 8 atom stereocenters. The molecule has 0 unspecified atom stereocenters. The Bertz CT molecular complexity index is 1020. The number of hydrogen-bond acceptors (Lipinski definition) is 6. The van der Waals surface area contributed by atoms with Gasteiger partial charge in [-0.2, -0.15) is 0 Å². The second kappa shape index (κ2) is 7.62. The minimum atomic E-state index is -1.33. The Hall–Kier alpha value is -1.76. The van der Waals surface area contributed by atoms with Crippen LogP contribution in [0.1, 0.15) is 72.6 Å². The van der Waals surface area contributed by atoms with Crippen molar-refractivity contribution < 1.29 is 29.6 Å². The van der Waals surface area contributed by atoms with Crippen LogP contribution in [0.4, 0.5) is 0 Å². The van der Waals surface area contributed by atoms with Crippen molar-refractivity contribution in [2.24, 2.45) is 28.6 Å². The van der Waals surface area contributed by atoms with Crippen molar-refractivity contribution in [2.45, 2.75) is 89.9 Å². The van der Waals surface area contributed by atoms with Gasteiger partial charge in [0.1, 0.15) is 11.7 Å². The Balaban J connectivity index is 1.47. The molecule has 5 rings (SSSR count). The third-order valence-corrected chi connectivity index (χ3v) is 10.8. The smallest absolute Gasteiger partial charge is 0.336 e. The Morgan fingerprint density at radius 1 is 1.18 bits per heavy atom.